The number of aliphatic imine (C=N–C) groups is 1. The van der Waals surface area contributed by atoms with E-state index in [1.54, 1.807) is 27.7 Å². The Balaban J connectivity index is 2.21. The first-order valence-electron chi connectivity index (χ1n) is 7.15. The Morgan fingerprint density at radius 2 is 1.86 bits per heavy atom. The van der Waals surface area contributed by atoms with Crippen LogP contribution in [0.15, 0.2) is 41.0 Å². The summed E-state index contributed by atoms with van der Waals surface area (Å²) in [6.07, 6.45) is 0.750. The number of hydrogen-bond donors (Lipinski definition) is 1. The molecule has 1 N–H and O–H groups in total. The SMILES string of the molecule is C[C@H](NC(=O)OC(C)(C)C)C1=C(c2ccccc2)C(=O)C=N1. The Labute approximate surface area is 130 Å². The van der Waals surface area contributed by atoms with E-state index in [0.29, 0.717) is 11.3 Å². The van der Waals surface area contributed by atoms with Crippen molar-refractivity contribution in [2.45, 2.75) is 39.3 Å². The average Bonchev–Trinajstić information content (AvgIpc) is 2.79. The first-order valence-corrected chi connectivity index (χ1v) is 7.15. The molecule has 0 fully saturated rings. The Hall–Kier alpha value is -2.43. The standard InChI is InChI=1S/C17H20N2O3/c1-11(19-16(21)22-17(2,3)4)15-14(13(20)10-18-15)12-8-6-5-7-9-12/h5-11H,1-4H3,(H,19,21)/t11-/m0/s1. The molecule has 0 saturated carbocycles. The van der Waals surface area contributed by atoms with Crippen LogP contribution in [0.5, 0.6) is 0 Å². The number of amides is 1. The van der Waals surface area contributed by atoms with E-state index in [9.17, 15) is 9.59 Å². The van der Waals surface area contributed by atoms with Crippen molar-refractivity contribution in [1.82, 2.24) is 5.32 Å². The Morgan fingerprint density at radius 3 is 2.45 bits per heavy atom. The van der Waals surface area contributed by atoms with Crippen LogP contribution in [0.3, 0.4) is 0 Å². The third-order valence-electron chi connectivity index (χ3n) is 3.03. The second kappa shape index (κ2) is 6.13. The highest BCUT2D eigenvalue weighted by atomic mass is 16.6. The second-order valence-electron chi connectivity index (χ2n) is 6.12. The number of nitrogens with zero attached hydrogens (tertiary/aromatic N) is 1. The minimum atomic E-state index is -0.574. The summed E-state index contributed by atoms with van der Waals surface area (Å²) in [5, 5.41) is 2.71. The average molecular weight is 300 g/mol. The van der Waals surface area contributed by atoms with E-state index >= 15 is 0 Å². The number of alkyl carbamates (subject to hydrolysis) is 1. The minimum Gasteiger partial charge on any atom is -0.444 e. The molecule has 0 unspecified atom stereocenters. The molecule has 0 aliphatic carbocycles. The van der Waals surface area contributed by atoms with Gasteiger partial charge in [-0.25, -0.2) is 4.79 Å². The highest BCUT2D eigenvalue weighted by molar-refractivity contribution is 6.50. The zero-order valence-corrected chi connectivity index (χ0v) is 13.2. The van der Waals surface area contributed by atoms with Gasteiger partial charge in [0.2, 0.25) is 5.78 Å². The van der Waals surface area contributed by atoms with Crippen LogP contribution >= 0.6 is 0 Å². The molecule has 22 heavy (non-hydrogen) atoms. The smallest absolute Gasteiger partial charge is 0.408 e. The lowest BCUT2D eigenvalue weighted by molar-refractivity contribution is -0.107. The molecule has 0 aromatic heterocycles. The Bertz CT molecular complexity index is 640. The molecule has 1 aromatic rings. The molecule has 0 spiro atoms. The number of Topliss-reactive ketones (excluding diaryl/α,β-unsaturated/α-hetero) is 1. The number of carbonyl (C=O) groups is 2. The largest absolute Gasteiger partial charge is 0.444 e. The van der Waals surface area contributed by atoms with Crippen molar-refractivity contribution in [3.63, 3.8) is 0 Å². The monoisotopic (exact) mass is 300 g/mol. The van der Waals surface area contributed by atoms with Gasteiger partial charge in [0.15, 0.2) is 0 Å². The normalized spacial score (nSPS) is 15.9. The number of rotatable bonds is 3. The molecule has 1 aromatic carbocycles. The molecule has 1 aliphatic heterocycles. The van der Waals surface area contributed by atoms with E-state index in [-0.39, 0.29) is 5.78 Å². The zero-order chi connectivity index (χ0) is 16.3. The van der Waals surface area contributed by atoms with Gasteiger partial charge in [-0.15, -0.1) is 0 Å². The van der Waals surface area contributed by atoms with E-state index in [4.69, 9.17) is 4.74 Å². The van der Waals surface area contributed by atoms with Crippen LogP contribution in [0.25, 0.3) is 5.57 Å². The molecule has 1 aliphatic rings. The Kier molecular flexibility index (Phi) is 4.45. The predicted octanol–water partition coefficient (Wildman–Crippen LogP) is 2.96. The summed E-state index contributed by atoms with van der Waals surface area (Å²) in [7, 11) is 0. The maximum Gasteiger partial charge on any atom is 0.408 e. The molecule has 1 atom stereocenters. The maximum atomic E-state index is 12.1. The molecule has 1 amide bonds. The van der Waals surface area contributed by atoms with Gasteiger partial charge in [-0.1, -0.05) is 30.3 Å². The number of nitrogens with one attached hydrogen (secondary N) is 1. The van der Waals surface area contributed by atoms with E-state index in [2.05, 4.69) is 10.3 Å². The number of allylic oxidation sites excluding steroid dienone is 1. The van der Waals surface area contributed by atoms with Gasteiger partial charge < -0.3 is 10.1 Å². The summed E-state index contributed by atoms with van der Waals surface area (Å²) in [5.74, 6) is -0.154. The molecule has 0 saturated heterocycles. The third kappa shape index (κ3) is 3.81. The number of carbonyl (C=O) groups excluding carboxylic acids is 2. The lowest BCUT2D eigenvalue weighted by atomic mass is 9.99. The molecule has 2 rings (SSSR count). The van der Waals surface area contributed by atoms with Gasteiger partial charge in [0.05, 0.1) is 23.5 Å². The summed E-state index contributed by atoms with van der Waals surface area (Å²) < 4.78 is 5.23. The third-order valence-corrected chi connectivity index (χ3v) is 3.03. The lowest BCUT2D eigenvalue weighted by Crippen LogP contribution is -2.38. The number of hydrogen-bond acceptors (Lipinski definition) is 4. The van der Waals surface area contributed by atoms with Gasteiger partial charge in [0.1, 0.15) is 5.60 Å². The maximum absolute atomic E-state index is 12.1. The van der Waals surface area contributed by atoms with Gasteiger partial charge >= 0.3 is 6.09 Å². The van der Waals surface area contributed by atoms with Crippen LogP contribution in [-0.2, 0) is 9.53 Å². The van der Waals surface area contributed by atoms with Crippen molar-refractivity contribution in [3.8, 4) is 0 Å². The topological polar surface area (TPSA) is 67.8 Å². The minimum absolute atomic E-state index is 0.154. The van der Waals surface area contributed by atoms with Gasteiger partial charge in [0.25, 0.3) is 0 Å². The fourth-order valence-corrected chi connectivity index (χ4v) is 2.16. The van der Waals surface area contributed by atoms with Crippen LogP contribution in [0.1, 0.15) is 33.3 Å². The molecular weight excluding hydrogens is 280 g/mol. The van der Waals surface area contributed by atoms with Gasteiger partial charge in [-0.3, -0.25) is 9.79 Å². The number of ether oxygens (including phenoxy) is 1. The molecular formula is C17H20N2O3. The van der Waals surface area contributed by atoms with Crippen molar-refractivity contribution in [3.05, 3.63) is 41.6 Å². The number of ketones is 1. The van der Waals surface area contributed by atoms with Crippen LogP contribution in [0, 0.1) is 0 Å². The fourth-order valence-electron chi connectivity index (χ4n) is 2.16. The van der Waals surface area contributed by atoms with Crippen molar-refractivity contribution in [1.29, 1.82) is 0 Å². The van der Waals surface area contributed by atoms with E-state index < -0.39 is 17.7 Å². The van der Waals surface area contributed by atoms with Crippen LogP contribution < -0.4 is 5.32 Å². The van der Waals surface area contributed by atoms with E-state index in [1.165, 1.54) is 6.21 Å². The lowest BCUT2D eigenvalue weighted by Gasteiger charge is -2.22. The summed E-state index contributed by atoms with van der Waals surface area (Å²) >= 11 is 0. The summed E-state index contributed by atoms with van der Waals surface area (Å²) in [6.45, 7) is 7.16. The summed E-state index contributed by atoms with van der Waals surface area (Å²) in [6, 6.07) is 8.87. The van der Waals surface area contributed by atoms with Crippen LogP contribution in [0.2, 0.25) is 0 Å². The molecule has 0 bridgehead atoms. The summed E-state index contributed by atoms with van der Waals surface area (Å²) in [5.41, 5.74) is 1.28. The van der Waals surface area contributed by atoms with Gasteiger partial charge in [0, 0.05) is 0 Å². The first-order chi connectivity index (χ1) is 10.3. The van der Waals surface area contributed by atoms with Crippen molar-refractivity contribution in [2.75, 3.05) is 0 Å². The molecule has 5 nitrogen and oxygen atoms in total. The second-order valence-corrected chi connectivity index (χ2v) is 6.12. The Morgan fingerprint density at radius 1 is 1.23 bits per heavy atom. The molecule has 5 heteroatoms. The number of benzene rings is 1. The van der Waals surface area contributed by atoms with E-state index in [0.717, 1.165) is 5.56 Å². The van der Waals surface area contributed by atoms with Crippen LogP contribution in [-0.4, -0.2) is 29.7 Å². The molecule has 116 valence electrons. The summed E-state index contributed by atoms with van der Waals surface area (Å²) in [4.78, 5) is 28.1. The highest BCUT2D eigenvalue weighted by Crippen LogP contribution is 2.26. The van der Waals surface area contributed by atoms with E-state index in [1.807, 2.05) is 30.3 Å². The van der Waals surface area contributed by atoms with Crippen molar-refractivity contribution in [2.24, 2.45) is 4.99 Å². The molecule has 0 radical (unpaired) electrons. The van der Waals surface area contributed by atoms with Gasteiger partial charge in [-0.05, 0) is 33.3 Å². The molecule has 1 heterocycles. The fraction of sp³-hybridized carbons (Fsp3) is 0.353. The highest BCUT2D eigenvalue weighted by Gasteiger charge is 2.27. The van der Waals surface area contributed by atoms with Crippen molar-refractivity contribution < 1.29 is 14.3 Å². The zero-order valence-electron chi connectivity index (χ0n) is 13.2. The van der Waals surface area contributed by atoms with Gasteiger partial charge in [-0.2, -0.15) is 0 Å². The van der Waals surface area contributed by atoms with Crippen molar-refractivity contribution >= 4 is 23.7 Å². The first kappa shape index (κ1) is 15.9. The quantitative estimate of drug-likeness (QED) is 0.933. The van der Waals surface area contributed by atoms with Crippen LogP contribution in [0.4, 0.5) is 4.79 Å². The predicted molar refractivity (Wildman–Crippen MR) is 85.7 cm³/mol.